The lowest BCUT2D eigenvalue weighted by atomic mass is 10.2. The van der Waals surface area contributed by atoms with Crippen LogP contribution in [0.15, 0.2) is 57.3 Å². The first-order valence-electron chi connectivity index (χ1n) is 8.03. The number of aromatic amines is 1. The maximum atomic E-state index is 13.3. The van der Waals surface area contributed by atoms with E-state index in [2.05, 4.69) is 9.97 Å². The van der Waals surface area contributed by atoms with Crippen LogP contribution >= 0.6 is 23.1 Å². The molecular formula is C19H15FN2O2S2. The molecule has 0 amide bonds. The van der Waals surface area contributed by atoms with Crippen LogP contribution in [0, 0.1) is 5.82 Å². The van der Waals surface area contributed by atoms with Gasteiger partial charge in [0.1, 0.15) is 22.2 Å². The van der Waals surface area contributed by atoms with Gasteiger partial charge in [-0.2, -0.15) is 0 Å². The lowest BCUT2D eigenvalue weighted by Gasteiger charge is -2.10. The minimum absolute atomic E-state index is 0.0236. The van der Waals surface area contributed by atoms with Crippen molar-refractivity contribution in [1.29, 1.82) is 0 Å². The van der Waals surface area contributed by atoms with Gasteiger partial charge in [-0.05, 0) is 36.8 Å². The summed E-state index contributed by atoms with van der Waals surface area (Å²) in [5.41, 5.74) is 1.49. The number of nitrogens with one attached hydrogen (secondary N) is 1. The van der Waals surface area contributed by atoms with Crippen LogP contribution in [0.1, 0.15) is 23.6 Å². The van der Waals surface area contributed by atoms with Crippen LogP contribution in [0.3, 0.4) is 0 Å². The Hall–Kier alpha value is -2.38. The number of thiophene rings is 1. The van der Waals surface area contributed by atoms with Gasteiger partial charge in [-0.25, -0.2) is 9.37 Å². The monoisotopic (exact) mass is 386 g/mol. The Kier molecular flexibility index (Phi) is 4.65. The summed E-state index contributed by atoms with van der Waals surface area (Å²) in [7, 11) is 0. The Morgan fingerprint density at radius 3 is 3.00 bits per heavy atom. The molecule has 0 saturated heterocycles. The van der Waals surface area contributed by atoms with Gasteiger partial charge in [0.15, 0.2) is 0 Å². The number of rotatable bonds is 5. The second-order valence-electron chi connectivity index (χ2n) is 5.84. The first kappa shape index (κ1) is 17.1. The van der Waals surface area contributed by atoms with Crippen LogP contribution in [-0.4, -0.2) is 9.97 Å². The minimum atomic E-state index is -0.243. The predicted octanol–water partition coefficient (Wildman–Crippen LogP) is 5.38. The van der Waals surface area contributed by atoms with Gasteiger partial charge in [0, 0.05) is 16.7 Å². The molecule has 0 saturated carbocycles. The number of halogens is 1. The lowest BCUT2D eigenvalue weighted by Crippen LogP contribution is -2.12. The van der Waals surface area contributed by atoms with Gasteiger partial charge < -0.3 is 9.40 Å². The maximum Gasteiger partial charge on any atom is 0.260 e. The van der Waals surface area contributed by atoms with Crippen molar-refractivity contribution in [1.82, 2.24) is 9.97 Å². The van der Waals surface area contributed by atoms with Gasteiger partial charge >= 0.3 is 0 Å². The molecule has 3 heterocycles. The van der Waals surface area contributed by atoms with Crippen molar-refractivity contribution in [2.24, 2.45) is 0 Å². The average Bonchev–Trinajstić information content (AvgIpc) is 3.29. The molecule has 1 atom stereocenters. The van der Waals surface area contributed by atoms with E-state index in [4.69, 9.17) is 4.42 Å². The van der Waals surface area contributed by atoms with Crippen molar-refractivity contribution in [3.8, 4) is 11.3 Å². The molecule has 4 nitrogen and oxygen atoms in total. The fourth-order valence-electron chi connectivity index (χ4n) is 2.70. The largest absolute Gasteiger partial charge is 0.464 e. The molecular weight excluding hydrogens is 371 g/mol. The summed E-state index contributed by atoms with van der Waals surface area (Å²) in [5.74, 6) is 1.68. The lowest BCUT2D eigenvalue weighted by molar-refractivity contribution is 0.583. The normalized spacial score (nSPS) is 12.5. The van der Waals surface area contributed by atoms with Gasteiger partial charge in [0.2, 0.25) is 0 Å². The van der Waals surface area contributed by atoms with E-state index in [1.807, 2.05) is 24.4 Å². The van der Waals surface area contributed by atoms with Gasteiger partial charge in [-0.3, -0.25) is 4.79 Å². The molecule has 0 aliphatic heterocycles. The van der Waals surface area contributed by atoms with Crippen LogP contribution in [0.2, 0.25) is 0 Å². The second kappa shape index (κ2) is 7.09. The molecule has 0 fully saturated rings. The molecule has 3 aromatic heterocycles. The number of H-pyrrole nitrogens is 1. The second-order valence-corrected chi connectivity index (χ2v) is 8.03. The topological polar surface area (TPSA) is 58.9 Å². The third-order valence-corrected chi connectivity index (χ3v) is 6.12. The van der Waals surface area contributed by atoms with Crippen molar-refractivity contribution in [3.63, 3.8) is 0 Å². The fourth-order valence-corrected chi connectivity index (χ4v) is 4.52. The highest BCUT2D eigenvalue weighted by Crippen LogP contribution is 2.33. The van der Waals surface area contributed by atoms with Crippen LogP contribution in [0.25, 0.3) is 21.5 Å². The van der Waals surface area contributed by atoms with Crippen molar-refractivity contribution >= 4 is 33.3 Å². The molecule has 1 aromatic carbocycles. The summed E-state index contributed by atoms with van der Waals surface area (Å²) in [5, 5.41) is 2.42. The van der Waals surface area contributed by atoms with Gasteiger partial charge in [-0.15, -0.1) is 23.1 Å². The third-order valence-electron chi connectivity index (χ3n) is 4.02. The van der Waals surface area contributed by atoms with Crippen LogP contribution in [0.4, 0.5) is 4.39 Å². The highest BCUT2D eigenvalue weighted by Gasteiger charge is 2.17. The average molecular weight is 386 g/mol. The zero-order valence-electron chi connectivity index (χ0n) is 13.9. The Bertz CT molecular complexity index is 1100. The number of thioether (sulfide) groups is 1. The number of benzene rings is 1. The van der Waals surface area contributed by atoms with Gasteiger partial charge in [0.05, 0.1) is 16.9 Å². The van der Waals surface area contributed by atoms with E-state index in [1.54, 1.807) is 30.2 Å². The Morgan fingerprint density at radius 2 is 2.23 bits per heavy atom. The fraction of sp³-hybridized carbons (Fsp3) is 0.158. The molecule has 26 heavy (non-hydrogen) atoms. The molecule has 4 aromatic rings. The predicted molar refractivity (Wildman–Crippen MR) is 104 cm³/mol. The summed E-state index contributed by atoms with van der Waals surface area (Å²) >= 11 is 3.02. The quantitative estimate of drug-likeness (QED) is 0.500. The zero-order chi connectivity index (χ0) is 18.1. The summed E-state index contributed by atoms with van der Waals surface area (Å²) in [6.07, 6.45) is 1.58. The summed E-state index contributed by atoms with van der Waals surface area (Å²) in [6.45, 7) is 1.98. The summed E-state index contributed by atoms with van der Waals surface area (Å²) in [6, 6.07) is 10.2. The van der Waals surface area contributed by atoms with E-state index in [9.17, 15) is 9.18 Å². The number of aromatic nitrogens is 2. The highest BCUT2D eigenvalue weighted by atomic mass is 32.2. The number of fused-ring (bicyclic) bond motifs is 1. The molecule has 0 aliphatic carbocycles. The first-order chi connectivity index (χ1) is 12.6. The van der Waals surface area contributed by atoms with E-state index in [0.29, 0.717) is 27.6 Å². The van der Waals surface area contributed by atoms with E-state index in [1.165, 1.54) is 23.5 Å². The van der Waals surface area contributed by atoms with Crippen molar-refractivity contribution in [3.05, 3.63) is 75.6 Å². The molecule has 1 N–H and O–H groups in total. The molecule has 7 heteroatoms. The number of nitrogens with zero attached hydrogens (tertiary/aromatic N) is 1. The van der Waals surface area contributed by atoms with Crippen LogP contribution in [-0.2, 0) is 5.75 Å². The van der Waals surface area contributed by atoms with E-state index in [-0.39, 0.29) is 16.6 Å². The maximum absolute atomic E-state index is 13.3. The Balaban J connectivity index is 1.60. The van der Waals surface area contributed by atoms with E-state index in [0.717, 1.165) is 11.1 Å². The standard InChI is InChI=1S/C19H15FN2O2S2/c1-11(25-9-12-4-2-5-13(20)8-12)17-21-18(23)16-14(10-26-19(16)22-17)15-6-3-7-24-15/h2-8,10-11H,9H2,1H3,(H,21,22,23). The molecule has 0 spiro atoms. The minimum Gasteiger partial charge on any atom is -0.464 e. The van der Waals surface area contributed by atoms with Crippen LogP contribution in [0.5, 0.6) is 0 Å². The van der Waals surface area contributed by atoms with Crippen molar-refractivity contribution in [2.45, 2.75) is 17.9 Å². The van der Waals surface area contributed by atoms with E-state index < -0.39 is 0 Å². The molecule has 0 radical (unpaired) electrons. The molecule has 4 rings (SSSR count). The molecule has 0 aliphatic rings. The number of furan rings is 1. The third kappa shape index (κ3) is 3.32. The van der Waals surface area contributed by atoms with Crippen molar-refractivity contribution < 1.29 is 8.81 Å². The van der Waals surface area contributed by atoms with Crippen molar-refractivity contribution in [2.75, 3.05) is 0 Å². The summed E-state index contributed by atoms with van der Waals surface area (Å²) in [4.78, 5) is 20.8. The van der Waals surface area contributed by atoms with Crippen LogP contribution < -0.4 is 5.56 Å². The zero-order valence-corrected chi connectivity index (χ0v) is 15.5. The smallest absolute Gasteiger partial charge is 0.260 e. The first-order valence-corrected chi connectivity index (χ1v) is 9.96. The SMILES string of the molecule is CC(SCc1cccc(F)c1)c1nc2scc(-c3ccco3)c2c(=O)[nH]1. The molecule has 0 bridgehead atoms. The highest BCUT2D eigenvalue weighted by molar-refractivity contribution is 7.98. The Labute approximate surface area is 157 Å². The number of hydrogen-bond donors (Lipinski definition) is 1. The molecule has 132 valence electrons. The molecule has 1 unspecified atom stereocenters. The Morgan fingerprint density at radius 1 is 1.35 bits per heavy atom. The van der Waals surface area contributed by atoms with Gasteiger partial charge in [-0.1, -0.05) is 12.1 Å². The van der Waals surface area contributed by atoms with E-state index >= 15 is 0 Å². The number of hydrogen-bond acceptors (Lipinski definition) is 5. The van der Waals surface area contributed by atoms with Gasteiger partial charge in [0.25, 0.3) is 5.56 Å². The summed E-state index contributed by atoms with van der Waals surface area (Å²) < 4.78 is 18.7.